The Bertz CT molecular complexity index is 897. The minimum atomic E-state index is -1.77. The lowest BCUT2D eigenvalue weighted by Crippen LogP contribution is -2.45. The van der Waals surface area contributed by atoms with E-state index in [1.54, 1.807) is 5.57 Å². The van der Waals surface area contributed by atoms with Crippen molar-refractivity contribution >= 4 is 8.32 Å². The Morgan fingerprint density at radius 3 is 2.35 bits per heavy atom. The van der Waals surface area contributed by atoms with Crippen LogP contribution in [0.25, 0.3) is 0 Å². The molecule has 0 heterocycles. The second kappa shape index (κ2) is 11.7. The Morgan fingerprint density at radius 2 is 1.73 bits per heavy atom. The zero-order valence-corrected chi connectivity index (χ0v) is 27.4. The highest BCUT2D eigenvalue weighted by atomic mass is 28.4. The molecule has 3 rings (SSSR count). The molecule has 0 spiro atoms. The van der Waals surface area contributed by atoms with Gasteiger partial charge in [-0.1, -0.05) is 98.8 Å². The maximum absolute atomic E-state index is 6.89. The molecule has 0 bridgehead atoms. The Labute approximate surface area is 232 Å². The standard InChI is InChI=1S/C35H60OSi/c1-24(2)25(3)15-16-26(4)32-19-20-33-29(14-13-21-35(32,33)10)17-18-30-23-31(22-27(5)28(30)6)36-37(11,12)34(7,8)9/h15-18,24-27,31-33H,6,13-14,19-23H2,1-5,7-12H3/b16-15+,29-17+,30-18+/t25-,26+,27-,31-,32+,33?,35+/m0/s1. The molecule has 0 amide bonds. The van der Waals surface area contributed by atoms with Crippen molar-refractivity contribution in [1.29, 1.82) is 0 Å². The molecule has 1 unspecified atom stereocenters. The van der Waals surface area contributed by atoms with E-state index in [2.05, 4.69) is 106 Å². The highest BCUT2D eigenvalue weighted by molar-refractivity contribution is 6.74. The molecule has 1 nitrogen and oxygen atoms in total. The predicted octanol–water partition coefficient (Wildman–Crippen LogP) is 10.9. The maximum Gasteiger partial charge on any atom is 0.192 e. The van der Waals surface area contributed by atoms with Gasteiger partial charge in [0.25, 0.3) is 0 Å². The molecule has 210 valence electrons. The number of fused-ring (bicyclic) bond motifs is 1. The number of hydrogen-bond acceptors (Lipinski definition) is 1. The molecule has 0 radical (unpaired) electrons. The van der Waals surface area contributed by atoms with Gasteiger partial charge in [0, 0.05) is 6.10 Å². The van der Waals surface area contributed by atoms with Crippen LogP contribution in [0.15, 0.2) is 47.6 Å². The van der Waals surface area contributed by atoms with Crippen LogP contribution in [0.5, 0.6) is 0 Å². The molecular weight excluding hydrogens is 464 g/mol. The van der Waals surface area contributed by atoms with Gasteiger partial charge in [-0.2, -0.15) is 0 Å². The van der Waals surface area contributed by atoms with Crippen molar-refractivity contribution in [2.45, 2.75) is 131 Å². The number of rotatable bonds is 7. The third kappa shape index (κ3) is 6.83. The first-order chi connectivity index (χ1) is 17.1. The van der Waals surface area contributed by atoms with Crippen LogP contribution in [0.3, 0.4) is 0 Å². The van der Waals surface area contributed by atoms with E-state index in [1.807, 2.05) is 0 Å². The van der Waals surface area contributed by atoms with E-state index < -0.39 is 8.32 Å². The topological polar surface area (TPSA) is 9.23 Å². The van der Waals surface area contributed by atoms with Crippen molar-refractivity contribution in [3.05, 3.63) is 47.6 Å². The van der Waals surface area contributed by atoms with Crippen LogP contribution in [0.2, 0.25) is 18.1 Å². The summed E-state index contributed by atoms with van der Waals surface area (Å²) >= 11 is 0. The SMILES string of the molecule is C=C1/C(=C/C=C2\CCC[C@@]3(C)C2CC[C@@H]3[C@H](C)/C=C/[C@H](C)C(C)C)C[C@@H](O[Si](C)(C)C(C)(C)C)C[C@@H]1C. The second-order valence-corrected chi connectivity index (χ2v) is 20.0. The maximum atomic E-state index is 6.89. The van der Waals surface area contributed by atoms with Crippen LogP contribution in [-0.4, -0.2) is 14.4 Å². The van der Waals surface area contributed by atoms with Gasteiger partial charge in [0.05, 0.1) is 0 Å². The summed E-state index contributed by atoms with van der Waals surface area (Å²) in [5.41, 5.74) is 4.94. The van der Waals surface area contributed by atoms with Gasteiger partial charge in [0.2, 0.25) is 0 Å². The van der Waals surface area contributed by atoms with E-state index in [4.69, 9.17) is 4.43 Å². The Hall–Kier alpha value is -0.863. The highest BCUT2D eigenvalue weighted by Gasteiger charge is 2.50. The molecule has 0 aromatic rings. The lowest BCUT2D eigenvalue weighted by atomic mass is 9.61. The fourth-order valence-corrected chi connectivity index (χ4v) is 8.60. The van der Waals surface area contributed by atoms with Crippen molar-refractivity contribution in [1.82, 2.24) is 0 Å². The van der Waals surface area contributed by atoms with Crippen LogP contribution >= 0.6 is 0 Å². The van der Waals surface area contributed by atoms with Crippen LogP contribution in [-0.2, 0) is 4.43 Å². The first-order valence-electron chi connectivity index (χ1n) is 15.5. The summed E-state index contributed by atoms with van der Waals surface area (Å²) in [5.74, 6) is 4.10. The molecule has 3 saturated carbocycles. The van der Waals surface area contributed by atoms with E-state index >= 15 is 0 Å². The predicted molar refractivity (Wildman–Crippen MR) is 166 cm³/mol. The lowest BCUT2D eigenvalue weighted by molar-refractivity contribution is 0.112. The van der Waals surface area contributed by atoms with Crippen molar-refractivity contribution in [3.8, 4) is 0 Å². The molecule has 0 aliphatic heterocycles. The average Bonchev–Trinajstić information content (AvgIpc) is 3.15. The molecule has 0 aromatic heterocycles. The van der Waals surface area contributed by atoms with Crippen LogP contribution in [0.4, 0.5) is 0 Å². The minimum Gasteiger partial charge on any atom is -0.414 e. The van der Waals surface area contributed by atoms with E-state index in [0.717, 1.165) is 30.6 Å². The van der Waals surface area contributed by atoms with Gasteiger partial charge in [0.1, 0.15) is 0 Å². The van der Waals surface area contributed by atoms with Crippen molar-refractivity contribution in [3.63, 3.8) is 0 Å². The van der Waals surface area contributed by atoms with E-state index in [0.29, 0.717) is 29.3 Å². The van der Waals surface area contributed by atoms with Gasteiger partial charge in [-0.3, -0.25) is 0 Å². The normalized spacial score (nSPS) is 35.5. The highest BCUT2D eigenvalue weighted by Crippen LogP contribution is 2.59. The summed E-state index contributed by atoms with van der Waals surface area (Å²) in [6, 6.07) is 0. The van der Waals surface area contributed by atoms with Crippen molar-refractivity contribution < 1.29 is 4.43 Å². The van der Waals surface area contributed by atoms with Gasteiger partial charge < -0.3 is 4.43 Å². The van der Waals surface area contributed by atoms with Gasteiger partial charge in [-0.05, 0) is 115 Å². The molecular formula is C35H60OSi. The third-order valence-corrected chi connectivity index (χ3v) is 15.8. The summed E-state index contributed by atoms with van der Waals surface area (Å²) in [5, 5.41) is 0.251. The molecule has 7 atom stereocenters. The molecule has 0 saturated heterocycles. The Kier molecular flexibility index (Phi) is 9.71. The first-order valence-corrected chi connectivity index (χ1v) is 18.4. The quantitative estimate of drug-likeness (QED) is 0.238. The van der Waals surface area contributed by atoms with Crippen molar-refractivity contribution in [2.75, 3.05) is 0 Å². The molecule has 2 heteroatoms. The van der Waals surface area contributed by atoms with E-state index in [-0.39, 0.29) is 5.04 Å². The van der Waals surface area contributed by atoms with Crippen LogP contribution in [0.1, 0.15) is 107 Å². The summed E-state index contributed by atoms with van der Waals surface area (Å²) in [6.07, 6.45) is 19.3. The van der Waals surface area contributed by atoms with Gasteiger partial charge in [-0.25, -0.2) is 0 Å². The summed E-state index contributed by atoms with van der Waals surface area (Å²) in [7, 11) is -1.77. The Morgan fingerprint density at radius 1 is 1.05 bits per heavy atom. The average molecular weight is 525 g/mol. The fourth-order valence-electron chi connectivity index (χ4n) is 7.23. The van der Waals surface area contributed by atoms with Crippen LogP contribution < -0.4 is 0 Å². The fraction of sp³-hybridized carbons (Fsp3) is 0.771. The summed E-state index contributed by atoms with van der Waals surface area (Å²) in [6.45, 7) is 30.9. The molecule has 3 fully saturated rings. The molecule has 37 heavy (non-hydrogen) atoms. The molecule has 0 N–H and O–H groups in total. The van der Waals surface area contributed by atoms with Crippen LogP contribution in [0, 0.1) is 40.9 Å². The molecule has 0 aromatic carbocycles. The van der Waals surface area contributed by atoms with Gasteiger partial charge in [-0.15, -0.1) is 0 Å². The largest absolute Gasteiger partial charge is 0.414 e. The third-order valence-electron chi connectivity index (χ3n) is 11.3. The molecule has 3 aliphatic carbocycles. The van der Waals surface area contributed by atoms with Crippen molar-refractivity contribution in [2.24, 2.45) is 40.9 Å². The zero-order chi connectivity index (χ0) is 27.8. The monoisotopic (exact) mass is 524 g/mol. The smallest absolute Gasteiger partial charge is 0.192 e. The Balaban J connectivity index is 1.77. The minimum absolute atomic E-state index is 0.251. The second-order valence-electron chi connectivity index (χ2n) is 15.2. The summed E-state index contributed by atoms with van der Waals surface area (Å²) in [4.78, 5) is 0. The lowest BCUT2D eigenvalue weighted by Gasteiger charge is -2.44. The van der Waals surface area contributed by atoms with E-state index in [1.165, 1.54) is 43.3 Å². The molecule has 3 aliphatic rings. The number of allylic oxidation sites excluding steroid dienone is 6. The van der Waals surface area contributed by atoms with E-state index in [9.17, 15) is 0 Å². The van der Waals surface area contributed by atoms with Gasteiger partial charge in [0.15, 0.2) is 8.32 Å². The number of hydrogen-bond donors (Lipinski definition) is 0. The van der Waals surface area contributed by atoms with Gasteiger partial charge >= 0.3 is 0 Å². The first kappa shape index (κ1) is 30.7. The zero-order valence-electron chi connectivity index (χ0n) is 26.4. The summed E-state index contributed by atoms with van der Waals surface area (Å²) < 4.78 is 6.89.